The number of likely N-dealkylation sites (N-methyl/N-ethyl adjacent to an activating group) is 1. The Kier molecular flexibility index (Phi) is 6.08. The van der Waals surface area contributed by atoms with Gasteiger partial charge in [-0.25, -0.2) is 0 Å². The number of methoxy groups -OCH3 is 1. The fourth-order valence-corrected chi connectivity index (χ4v) is 3.24. The highest BCUT2D eigenvalue weighted by molar-refractivity contribution is 6.08. The van der Waals surface area contributed by atoms with Gasteiger partial charge in [0.05, 0.1) is 36.5 Å². The van der Waals surface area contributed by atoms with Crippen molar-refractivity contribution >= 4 is 22.5 Å². The van der Waals surface area contributed by atoms with Crippen LogP contribution in [0.25, 0.3) is 10.9 Å². The van der Waals surface area contributed by atoms with E-state index in [9.17, 15) is 9.90 Å². The minimum atomic E-state index is -0.541. The molecule has 0 bridgehead atoms. The van der Waals surface area contributed by atoms with Gasteiger partial charge in [0.1, 0.15) is 5.75 Å². The first-order valence-corrected chi connectivity index (χ1v) is 8.95. The zero-order valence-electron chi connectivity index (χ0n) is 15.9. The standard InChI is InChI=1S/C21H24N4O3/c1-23-11-18(13-5-3-6-15(9-13)28-2)25-19-14(12-26)10-24-20-16(19)7-4-8-17(20)21(22)27/h3-10,18,23,26H,11-12H2,1-2H3,(H2,22,27)(H,24,25). The number of nitrogens with two attached hydrogens (primary N) is 1. The van der Waals surface area contributed by atoms with Gasteiger partial charge in [-0.3, -0.25) is 9.78 Å². The first-order chi connectivity index (χ1) is 13.6. The average Bonchev–Trinajstić information content (AvgIpc) is 2.72. The fourth-order valence-electron chi connectivity index (χ4n) is 3.24. The lowest BCUT2D eigenvalue weighted by atomic mass is 10.0. The maximum absolute atomic E-state index is 11.8. The van der Waals surface area contributed by atoms with Gasteiger partial charge in [0, 0.05) is 23.7 Å². The number of amides is 1. The van der Waals surface area contributed by atoms with E-state index in [1.54, 1.807) is 25.4 Å². The molecule has 0 aliphatic heterocycles. The largest absolute Gasteiger partial charge is 0.497 e. The highest BCUT2D eigenvalue weighted by Crippen LogP contribution is 2.32. The number of aromatic nitrogens is 1. The van der Waals surface area contributed by atoms with Crippen LogP contribution in [0.15, 0.2) is 48.7 Å². The molecule has 7 heteroatoms. The van der Waals surface area contributed by atoms with Crippen LogP contribution in [-0.2, 0) is 6.61 Å². The van der Waals surface area contributed by atoms with Crippen LogP contribution in [-0.4, -0.2) is 36.7 Å². The predicted octanol–water partition coefficient (Wildman–Crippen LogP) is 2.21. The molecule has 5 N–H and O–H groups in total. The molecule has 2 aromatic carbocycles. The molecule has 0 aliphatic carbocycles. The van der Waals surface area contributed by atoms with Gasteiger partial charge in [-0.05, 0) is 30.8 Å². The third-order valence-electron chi connectivity index (χ3n) is 4.63. The molecule has 0 radical (unpaired) electrons. The van der Waals surface area contributed by atoms with E-state index in [0.29, 0.717) is 23.2 Å². The van der Waals surface area contributed by atoms with Crippen molar-refractivity contribution in [3.05, 3.63) is 65.4 Å². The van der Waals surface area contributed by atoms with Crippen LogP contribution in [0, 0.1) is 0 Å². The van der Waals surface area contributed by atoms with Crippen LogP contribution in [0.4, 0.5) is 5.69 Å². The minimum Gasteiger partial charge on any atom is -0.497 e. The Hall–Kier alpha value is -3.16. The van der Waals surface area contributed by atoms with E-state index in [2.05, 4.69) is 15.6 Å². The number of nitrogens with zero attached hydrogens (tertiary/aromatic N) is 1. The number of ether oxygens (including phenoxy) is 1. The van der Waals surface area contributed by atoms with Gasteiger partial charge in [0.15, 0.2) is 0 Å². The zero-order chi connectivity index (χ0) is 20.1. The summed E-state index contributed by atoms with van der Waals surface area (Å²) in [7, 11) is 3.50. The molecule has 146 valence electrons. The Bertz CT molecular complexity index is 991. The second-order valence-electron chi connectivity index (χ2n) is 6.41. The topological polar surface area (TPSA) is 110 Å². The lowest BCUT2D eigenvalue weighted by Gasteiger charge is -2.23. The molecule has 0 fully saturated rings. The smallest absolute Gasteiger partial charge is 0.250 e. The number of hydrogen-bond acceptors (Lipinski definition) is 6. The number of aliphatic hydroxyl groups excluding tert-OH is 1. The number of carbonyl (C=O) groups excluding carboxylic acids is 1. The van der Waals surface area contributed by atoms with E-state index < -0.39 is 5.91 Å². The Morgan fingerprint density at radius 1 is 1.29 bits per heavy atom. The average molecular weight is 380 g/mol. The van der Waals surface area contributed by atoms with Crippen LogP contribution in [0.5, 0.6) is 5.75 Å². The van der Waals surface area contributed by atoms with Crippen LogP contribution in [0.1, 0.15) is 27.5 Å². The second kappa shape index (κ2) is 8.69. The van der Waals surface area contributed by atoms with Crippen LogP contribution in [0.3, 0.4) is 0 Å². The highest BCUT2D eigenvalue weighted by atomic mass is 16.5. The van der Waals surface area contributed by atoms with E-state index in [1.165, 1.54) is 0 Å². The van der Waals surface area contributed by atoms with E-state index in [1.807, 2.05) is 37.4 Å². The van der Waals surface area contributed by atoms with E-state index >= 15 is 0 Å². The number of nitrogens with one attached hydrogen (secondary N) is 2. The SMILES string of the molecule is CNCC(Nc1c(CO)cnc2c(C(N)=O)cccc12)c1cccc(OC)c1. The summed E-state index contributed by atoms with van der Waals surface area (Å²) >= 11 is 0. The summed E-state index contributed by atoms with van der Waals surface area (Å²) in [5.41, 5.74) is 8.73. The van der Waals surface area contributed by atoms with Crippen molar-refractivity contribution in [2.75, 3.05) is 26.0 Å². The van der Waals surface area contributed by atoms with Gasteiger partial charge in [0.25, 0.3) is 5.91 Å². The Labute approximate surface area is 163 Å². The maximum Gasteiger partial charge on any atom is 0.250 e. The molecule has 0 aliphatic rings. The number of fused-ring (bicyclic) bond motifs is 1. The molecule has 0 saturated carbocycles. The van der Waals surface area contributed by atoms with Gasteiger partial charge in [0.2, 0.25) is 0 Å². The predicted molar refractivity (Wildman–Crippen MR) is 109 cm³/mol. The summed E-state index contributed by atoms with van der Waals surface area (Å²) in [4.78, 5) is 16.1. The van der Waals surface area contributed by atoms with Crippen LogP contribution < -0.4 is 21.1 Å². The number of pyridine rings is 1. The summed E-state index contributed by atoms with van der Waals surface area (Å²) < 4.78 is 5.34. The van der Waals surface area contributed by atoms with Gasteiger partial charge in [-0.1, -0.05) is 24.3 Å². The number of benzene rings is 2. The van der Waals surface area contributed by atoms with Crippen molar-refractivity contribution in [1.29, 1.82) is 0 Å². The van der Waals surface area contributed by atoms with Crippen molar-refractivity contribution in [1.82, 2.24) is 10.3 Å². The molecule has 1 atom stereocenters. The summed E-state index contributed by atoms with van der Waals surface area (Å²) in [6, 6.07) is 13.0. The van der Waals surface area contributed by atoms with Crippen molar-refractivity contribution in [3.8, 4) is 5.75 Å². The summed E-state index contributed by atoms with van der Waals surface area (Å²) in [5, 5.41) is 17.3. The summed E-state index contributed by atoms with van der Waals surface area (Å²) in [6.45, 7) is 0.452. The fraction of sp³-hybridized carbons (Fsp3) is 0.238. The molecule has 3 aromatic rings. The van der Waals surface area contributed by atoms with Gasteiger partial charge in [-0.15, -0.1) is 0 Å². The Morgan fingerprint density at radius 3 is 2.75 bits per heavy atom. The number of para-hydroxylation sites is 1. The molecule has 28 heavy (non-hydrogen) atoms. The van der Waals surface area contributed by atoms with Gasteiger partial charge in [-0.2, -0.15) is 0 Å². The molecule has 1 aromatic heterocycles. The molecule has 0 saturated heterocycles. The summed E-state index contributed by atoms with van der Waals surface area (Å²) in [5.74, 6) is 0.221. The molecule has 1 unspecified atom stereocenters. The van der Waals surface area contributed by atoms with Gasteiger partial charge >= 0.3 is 0 Å². The Morgan fingerprint density at radius 2 is 2.07 bits per heavy atom. The van der Waals surface area contributed by atoms with Crippen LogP contribution >= 0.6 is 0 Å². The first-order valence-electron chi connectivity index (χ1n) is 8.95. The third-order valence-corrected chi connectivity index (χ3v) is 4.63. The first kappa shape index (κ1) is 19.6. The monoisotopic (exact) mass is 380 g/mol. The normalized spacial score (nSPS) is 12.0. The summed E-state index contributed by atoms with van der Waals surface area (Å²) in [6.07, 6.45) is 1.57. The van der Waals surface area contributed by atoms with E-state index in [4.69, 9.17) is 10.5 Å². The second-order valence-corrected chi connectivity index (χ2v) is 6.41. The van der Waals surface area contributed by atoms with Crippen molar-refractivity contribution in [2.24, 2.45) is 5.73 Å². The zero-order valence-corrected chi connectivity index (χ0v) is 15.9. The minimum absolute atomic E-state index is 0.103. The number of hydrogen-bond donors (Lipinski definition) is 4. The number of carbonyl (C=O) groups is 1. The van der Waals surface area contributed by atoms with Crippen LogP contribution in [0.2, 0.25) is 0 Å². The van der Waals surface area contributed by atoms with Crippen molar-refractivity contribution in [3.63, 3.8) is 0 Å². The number of anilines is 1. The van der Waals surface area contributed by atoms with Crippen molar-refractivity contribution < 1.29 is 14.6 Å². The third kappa shape index (κ3) is 3.90. The van der Waals surface area contributed by atoms with E-state index in [0.717, 1.165) is 22.4 Å². The quantitative estimate of drug-likeness (QED) is 0.477. The molecule has 3 rings (SSSR count). The van der Waals surface area contributed by atoms with Crippen molar-refractivity contribution in [2.45, 2.75) is 12.6 Å². The molecule has 0 spiro atoms. The molecule has 1 heterocycles. The molecular weight excluding hydrogens is 356 g/mol. The lowest BCUT2D eigenvalue weighted by molar-refractivity contribution is 0.100. The van der Waals surface area contributed by atoms with Gasteiger partial charge < -0.3 is 26.2 Å². The maximum atomic E-state index is 11.8. The number of primary amides is 1. The number of aliphatic hydroxyl groups is 1. The van der Waals surface area contributed by atoms with E-state index in [-0.39, 0.29) is 12.6 Å². The highest BCUT2D eigenvalue weighted by Gasteiger charge is 2.18. The molecule has 7 nitrogen and oxygen atoms in total. The number of rotatable bonds is 8. The molecule has 1 amide bonds. The lowest BCUT2D eigenvalue weighted by Crippen LogP contribution is -2.24. The molecular formula is C21H24N4O3. The Balaban J connectivity index is 2.12.